The Morgan fingerprint density at radius 2 is 2.00 bits per heavy atom. The van der Waals surface area contributed by atoms with Crippen LogP contribution in [0.1, 0.15) is 54.4 Å². The molecule has 0 spiro atoms. The summed E-state index contributed by atoms with van der Waals surface area (Å²) in [6, 6.07) is 5.49. The Morgan fingerprint density at radius 1 is 1.24 bits per heavy atom. The van der Waals surface area contributed by atoms with E-state index in [2.05, 4.69) is 5.10 Å². The number of carbonyl (C=O) groups is 2. The van der Waals surface area contributed by atoms with Gasteiger partial charge in [-0.2, -0.15) is 5.10 Å². The van der Waals surface area contributed by atoms with Crippen molar-refractivity contribution in [3.63, 3.8) is 0 Å². The molecular formula is C23H28FN3O5S. The zero-order chi connectivity index (χ0) is 23.6. The van der Waals surface area contributed by atoms with Gasteiger partial charge in [0, 0.05) is 23.8 Å². The molecule has 0 saturated carbocycles. The van der Waals surface area contributed by atoms with Gasteiger partial charge >= 0.3 is 5.97 Å². The van der Waals surface area contributed by atoms with Crippen LogP contribution >= 0.6 is 0 Å². The van der Waals surface area contributed by atoms with Gasteiger partial charge in [-0.3, -0.25) is 4.79 Å². The number of benzene rings is 1. The largest absolute Gasteiger partial charge is 0.451 e. The summed E-state index contributed by atoms with van der Waals surface area (Å²) in [6.45, 7) is 1.96. The predicted octanol–water partition coefficient (Wildman–Crippen LogP) is 2.47. The van der Waals surface area contributed by atoms with Crippen molar-refractivity contribution in [1.29, 1.82) is 0 Å². The number of rotatable bonds is 8. The highest BCUT2D eigenvalue weighted by molar-refractivity contribution is 7.91. The first-order chi connectivity index (χ1) is 15.8. The first-order valence-corrected chi connectivity index (χ1v) is 13.1. The second-order valence-electron chi connectivity index (χ2n) is 8.59. The molecule has 1 saturated heterocycles. The van der Waals surface area contributed by atoms with E-state index in [-0.39, 0.29) is 29.1 Å². The van der Waals surface area contributed by atoms with Gasteiger partial charge in [0.25, 0.3) is 5.91 Å². The van der Waals surface area contributed by atoms with Crippen molar-refractivity contribution >= 4 is 21.7 Å². The number of amides is 1. The molecule has 1 aliphatic heterocycles. The second kappa shape index (κ2) is 9.62. The number of esters is 1. The zero-order valence-electron chi connectivity index (χ0n) is 18.6. The summed E-state index contributed by atoms with van der Waals surface area (Å²) >= 11 is 0. The van der Waals surface area contributed by atoms with Crippen molar-refractivity contribution in [3.8, 4) is 5.69 Å². The molecule has 4 rings (SSSR count). The van der Waals surface area contributed by atoms with E-state index >= 15 is 0 Å². The van der Waals surface area contributed by atoms with E-state index in [9.17, 15) is 22.4 Å². The van der Waals surface area contributed by atoms with E-state index in [0.29, 0.717) is 25.1 Å². The van der Waals surface area contributed by atoms with Gasteiger partial charge in [0.1, 0.15) is 5.82 Å². The van der Waals surface area contributed by atoms with E-state index in [1.54, 1.807) is 21.7 Å². The maximum Gasteiger partial charge on any atom is 0.359 e. The van der Waals surface area contributed by atoms with Gasteiger partial charge in [-0.25, -0.2) is 22.3 Å². The molecule has 2 aliphatic rings. The Hall–Kier alpha value is -2.75. The van der Waals surface area contributed by atoms with Crippen molar-refractivity contribution in [2.75, 3.05) is 24.7 Å². The number of aromatic nitrogens is 2. The normalized spacial score (nSPS) is 18.8. The fourth-order valence-electron chi connectivity index (χ4n) is 4.54. The van der Waals surface area contributed by atoms with Crippen LogP contribution in [0, 0.1) is 5.82 Å². The predicted molar refractivity (Wildman–Crippen MR) is 120 cm³/mol. The van der Waals surface area contributed by atoms with Crippen LogP contribution in [0.4, 0.5) is 4.39 Å². The standard InChI is InChI=1S/C23H28FN3O5S/c1-2-3-12-26(18-11-13-33(30,31)15-18)21(28)14-32-23(29)22-19-5-4-6-20(19)27(25-22)17-9-7-16(24)8-10-17/h7-10,18H,2-6,11-15H2,1H3. The number of sulfone groups is 1. The van der Waals surface area contributed by atoms with Crippen LogP contribution in [-0.4, -0.2) is 65.7 Å². The molecule has 2 heterocycles. The van der Waals surface area contributed by atoms with Gasteiger partial charge in [0.15, 0.2) is 22.1 Å². The van der Waals surface area contributed by atoms with Crippen LogP contribution in [0.25, 0.3) is 5.69 Å². The summed E-state index contributed by atoms with van der Waals surface area (Å²) in [6.07, 6.45) is 4.29. The molecule has 33 heavy (non-hydrogen) atoms. The quantitative estimate of drug-likeness (QED) is 0.542. The van der Waals surface area contributed by atoms with Gasteiger partial charge in [-0.1, -0.05) is 13.3 Å². The van der Waals surface area contributed by atoms with Gasteiger partial charge in [-0.05, 0) is 56.4 Å². The third kappa shape index (κ3) is 5.10. The first kappa shape index (κ1) is 23.4. The molecule has 0 N–H and O–H groups in total. The molecule has 1 aliphatic carbocycles. The van der Waals surface area contributed by atoms with E-state index in [0.717, 1.165) is 36.9 Å². The SMILES string of the molecule is CCCCN(C(=O)COC(=O)c1nn(-c2ccc(F)cc2)c2c1CCC2)C1CCS(=O)(=O)C1. The Bertz CT molecular complexity index is 1140. The third-order valence-corrected chi connectivity index (χ3v) is 7.99. The highest BCUT2D eigenvalue weighted by Crippen LogP contribution is 2.28. The number of hydrogen-bond donors (Lipinski definition) is 0. The van der Waals surface area contributed by atoms with Crippen molar-refractivity contribution in [3.05, 3.63) is 47.0 Å². The molecule has 178 valence electrons. The molecule has 1 atom stereocenters. The van der Waals surface area contributed by atoms with E-state index in [4.69, 9.17) is 4.74 Å². The highest BCUT2D eigenvalue weighted by atomic mass is 32.2. The molecule has 0 radical (unpaired) electrons. The lowest BCUT2D eigenvalue weighted by atomic mass is 10.2. The molecule has 1 aromatic carbocycles. The molecule has 10 heteroatoms. The molecule has 8 nitrogen and oxygen atoms in total. The summed E-state index contributed by atoms with van der Waals surface area (Å²) in [5.74, 6) is -1.42. The smallest absolute Gasteiger partial charge is 0.359 e. The van der Waals surface area contributed by atoms with Crippen LogP contribution in [0.5, 0.6) is 0 Å². The second-order valence-corrected chi connectivity index (χ2v) is 10.8. The summed E-state index contributed by atoms with van der Waals surface area (Å²) in [7, 11) is -3.14. The Labute approximate surface area is 192 Å². The van der Waals surface area contributed by atoms with E-state index in [1.165, 1.54) is 12.1 Å². The topological polar surface area (TPSA) is 98.6 Å². The van der Waals surface area contributed by atoms with Crippen LogP contribution < -0.4 is 0 Å². The number of hydrogen-bond acceptors (Lipinski definition) is 6. The molecule has 1 fully saturated rings. The fourth-order valence-corrected chi connectivity index (χ4v) is 6.27. The molecule has 1 amide bonds. The molecular weight excluding hydrogens is 449 g/mol. The third-order valence-electron chi connectivity index (χ3n) is 6.24. The molecule has 1 aromatic heterocycles. The number of nitrogens with zero attached hydrogens (tertiary/aromatic N) is 3. The lowest BCUT2D eigenvalue weighted by Gasteiger charge is -2.28. The fraction of sp³-hybridized carbons (Fsp3) is 0.522. The van der Waals surface area contributed by atoms with Crippen LogP contribution in [-0.2, 0) is 32.2 Å². The van der Waals surface area contributed by atoms with Gasteiger partial charge < -0.3 is 9.64 Å². The number of carbonyl (C=O) groups excluding carboxylic acids is 2. The molecule has 2 aromatic rings. The zero-order valence-corrected chi connectivity index (χ0v) is 19.4. The van der Waals surface area contributed by atoms with Crippen LogP contribution in [0.2, 0.25) is 0 Å². The number of ether oxygens (including phenoxy) is 1. The van der Waals surface area contributed by atoms with Crippen LogP contribution in [0.3, 0.4) is 0 Å². The first-order valence-electron chi connectivity index (χ1n) is 11.3. The molecule has 1 unspecified atom stereocenters. The van der Waals surface area contributed by atoms with E-state index in [1.807, 2.05) is 6.92 Å². The Morgan fingerprint density at radius 3 is 2.67 bits per heavy atom. The summed E-state index contributed by atoms with van der Waals surface area (Å²) < 4.78 is 44.1. The minimum Gasteiger partial charge on any atom is -0.451 e. The summed E-state index contributed by atoms with van der Waals surface area (Å²) in [4.78, 5) is 27.3. The molecule has 0 bridgehead atoms. The maximum absolute atomic E-state index is 13.3. The maximum atomic E-state index is 13.3. The van der Waals surface area contributed by atoms with E-state index < -0.39 is 28.3 Å². The summed E-state index contributed by atoms with van der Waals surface area (Å²) in [5.41, 5.74) is 2.50. The van der Waals surface area contributed by atoms with Gasteiger partial charge in [0.2, 0.25) is 0 Å². The summed E-state index contributed by atoms with van der Waals surface area (Å²) in [5, 5.41) is 4.42. The monoisotopic (exact) mass is 477 g/mol. The lowest BCUT2D eigenvalue weighted by Crippen LogP contribution is -2.44. The Balaban J connectivity index is 1.47. The van der Waals surface area contributed by atoms with Crippen molar-refractivity contribution < 1.29 is 27.1 Å². The Kier molecular flexibility index (Phi) is 6.83. The van der Waals surface area contributed by atoms with Gasteiger partial charge in [0.05, 0.1) is 17.2 Å². The minimum absolute atomic E-state index is 0.0496. The van der Waals surface area contributed by atoms with Crippen molar-refractivity contribution in [2.24, 2.45) is 0 Å². The van der Waals surface area contributed by atoms with Crippen molar-refractivity contribution in [1.82, 2.24) is 14.7 Å². The number of fused-ring (bicyclic) bond motifs is 1. The average molecular weight is 478 g/mol. The van der Waals surface area contributed by atoms with Gasteiger partial charge in [-0.15, -0.1) is 0 Å². The minimum atomic E-state index is -3.14. The lowest BCUT2D eigenvalue weighted by molar-refractivity contribution is -0.136. The number of unbranched alkanes of at least 4 members (excludes halogenated alkanes) is 1. The highest BCUT2D eigenvalue weighted by Gasteiger charge is 2.35. The van der Waals surface area contributed by atoms with Crippen LogP contribution in [0.15, 0.2) is 24.3 Å². The van der Waals surface area contributed by atoms with Crippen molar-refractivity contribution in [2.45, 2.75) is 51.5 Å². The number of halogens is 1. The average Bonchev–Trinajstić information content (AvgIpc) is 3.48.